The third-order valence-corrected chi connectivity index (χ3v) is 6.92. The zero-order valence-electron chi connectivity index (χ0n) is 17.3. The lowest BCUT2D eigenvalue weighted by atomic mass is 10.1. The molecule has 158 valence electrons. The molecule has 3 atom stereocenters. The Morgan fingerprint density at radius 1 is 1.25 bits per heavy atom. The van der Waals surface area contributed by atoms with Gasteiger partial charge in [-0.05, 0) is 69.1 Å². The van der Waals surface area contributed by atoms with Crippen molar-refractivity contribution in [1.29, 1.82) is 0 Å². The third kappa shape index (κ3) is 6.42. The number of aliphatic imine (C=N–C) groups is 1. The number of methoxy groups -OCH3 is 1. The van der Waals surface area contributed by atoms with E-state index in [0.29, 0.717) is 12.1 Å². The molecule has 2 N–H and O–H groups in total. The monoisotopic (exact) mass is 518 g/mol. The van der Waals surface area contributed by atoms with Gasteiger partial charge in [0.2, 0.25) is 0 Å². The number of likely N-dealkylation sites (tertiary alicyclic amines) is 1. The summed E-state index contributed by atoms with van der Waals surface area (Å²) in [6.45, 7) is 3.20. The van der Waals surface area contributed by atoms with Crippen LogP contribution in [0.15, 0.2) is 29.3 Å². The van der Waals surface area contributed by atoms with E-state index in [2.05, 4.69) is 51.0 Å². The fourth-order valence-electron chi connectivity index (χ4n) is 4.20. The summed E-state index contributed by atoms with van der Waals surface area (Å²) in [6, 6.07) is 9.41. The van der Waals surface area contributed by atoms with Crippen molar-refractivity contribution in [3.63, 3.8) is 0 Å². The van der Waals surface area contributed by atoms with Crippen LogP contribution in [-0.2, 0) is 0 Å². The lowest BCUT2D eigenvalue weighted by Crippen LogP contribution is -2.45. The molecule has 1 saturated carbocycles. The predicted octanol–water partition coefficient (Wildman–Crippen LogP) is 3.90. The molecule has 1 aromatic carbocycles. The summed E-state index contributed by atoms with van der Waals surface area (Å²) >= 11 is 1.99. The van der Waals surface area contributed by atoms with Crippen molar-refractivity contribution in [3.05, 3.63) is 29.8 Å². The Balaban J connectivity index is 0.00000280. The fraction of sp³-hybridized carbons (Fsp3) is 0.667. The predicted molar refractivity (Wildman–Crippen MR) is 131 cm³/mol. The first kappa shape index (κ1) is 23.6. The average molecular weight is 519 g/mol. The second kappa shape index (κ2) is 12.1. The quantitative estimate of drug-likeness (QED) is 0.326. The van der Waals surface area contributed by atoms with E-state index in [1.807, 2.05) is 18.8 Å². The highest BCUT2D eigenvalue weighted by Crippen LogP contribution is 2.28. The number of nitrogens with zero attached hydrogens (tertiary/aromatic N) is 2. The number of guanidine groups is 1. The molecule has 1 heterocycles. The van der Waals surface area contributed by atoms with Crippen molar-refractivity contribution in [2.75, 3.05) is 40.0 Å². The smallest absolute Gasteiger partial charge is 0.191 e. The van der Waals surface area contributed by atoms with Crippen LogP contribution < -0.4 is 15.4 Å². The zero-order valence-corrected chi connectivity index (χ0v) is 20.5. The molecule has 1 saturated heterocycles. The van der Waals surface area contributed by atoms with Gasteiger partial charge in [0.25, 0.3) is 0 Å². The maximum atomic E-state index is 5.32. The van der Waals surface area contributed by atoms with Gasteiger partial charge >= 0.3 is 0 Å². The minimum Gasteiger partial charge on any atom is -0.497 e. The van der Waals surface area contributed by atoms with Crippen molar-refractivity contribution in [2.45, 2.75) is 49.4 Å². The maximum Gasteiger partial charge on any atom is 0.191 e. The van der Waals surface area contributed by atoms with Crippen LogP contribution in [0.25, 0.3) is 0 Å². The van der Waals surface area contributed by atoms with Gasteiger partial charge in [0.1, 0.15) is 5.75 Å². The lowest BCUT2D eigenvalue weighted by molar-refractivity contribution is 0.245. The molecule has 0 radical (unpaired) electrons. The van der Waals surface area contributed by atoms with Crippen molar-refractivity contribution in [1.82, 2.24) is 15.5 Å². The summed E-state index contributed by atoms with van der Waals surface area (Å²) in [5.74, 6) is 1.84. The minimum absolute atomic E-state index is 0. The number of hydrogen-bond acceptors (Lipinski definition) is 4. The molecular formula is C21H35IN4OS. The second-order valence-corrected chi connectivity index (χ2v) is 8.64. The Morgan fingerprint density at radius 3 is 2.54 bits per heavy atom. The first-order valence-electron chi connectivity index (χ1n) is 10.1. The van der Waals surface area contributed by atoms with Gasteiger partial charge in [-0.1, -0.05) is 12.1 Å². The van der Waals surface area contributed by atoms with Gasteiger partial charge in [0, 0.05) is 24.9 Å². The number of benzene rings is 1. The van der Waals surface area contributed by atoms with E-state index in [1.165, 1.54) is 50.8 Å². The number of hydrogen-bond donors (Lipinski definition) is 2. The zero-order chi connectivity index (χ0) is 19.1. The van der Waals surface area contributed by atoms with Gasteiger partial charge < -0.3 is 15.4 Å². The Labute approximate surface area is 191 Å². The van der Waals surface area contributed by atoms with Crippen LogP contribution in [0.5, 0.6) is 5.75 Å². The van der Waals surface area contributed by atoms with Crippen molar-refractivity contribution in [2.24, 2.45) is 4.99 Å². The molecule has 5 nitrogen and oxygen atoms in total. The Morgan fingerprint density at radius 2 is 1.96 bits per heavy atom. The molecule has 3 rings (SSSR count). The van der Waals surface area contributed by atoms with Crippen LogP contribution in [0.1, 0.15) is 43.7 Å². The molecule has 0 bridgehead atoms. The third-order valence-electron chi connectivity index (χ3n) is 5.83. The molecule has 0 aromatic heterocycles. The van der Waals surface area contributed by atoms with E-state index >= 15 is 0 Å². The summed E-state index contributed by atoms with van der Waals surface area (Å²) in [5, 5.41) is 8.01. The normalized spacial score (nSPS) is 23.9. The number of ether oxygens (including phenoxy) is 1. The van der Waals surface area contributed by atoms with Gasteiger partial charge in [0.05, 0.1) is 13.2 Å². The molecular weight excluding hydrogens is 483 g/mol. The van der Waals surface area contributed by atoms with E-state index in [0.717, 1.165) is 23.5 Å². The summed E-state index contributed by atoms with van der Waals surface area (Å²) in [6.07, 6.45) is 8.57. The number of thioether (sulfide) groups is 1. The van der Waals surface area contributed by atoms with Crippen molar-refractivity contribution < 1.29 is 4.74 Å². The van der Waals surface area contributed by atoms with Crippen LogP contribution in [0.2, 0.25) is 0 Å². The Bertz CT molecular complexity index is 607. The largest absolute Gasteiger partial charge is 0.497 e. The highest BCUT2D eigenvalue weighted by molar-refractivity contribution is 14.0. The average Bonchev–Trinajstić information content (AvgIpc) is 3.39. The fourth-order valence-corrected chi connectivity index (χ4v) is 5.00. The molecule has 3 unspecified atom stereocenters. The van der Waals surface area contributed by atoms with Crippen LogP contribution in [0, 0.1) is 0 Å². The number of halogens is 1. The molecule has 0 amide bonds. The van der Waals surface area contributed by atoms with Crippen LogP contribution >= 0.6 is 35.7 Å². The van der Waals surface area contributed by atoms with Crippen molar-refractivity contribution >= 4 is 41.7 Å². The summed E-state index contributed by atoms with van der Waals surface area (Å²) < 4.78 is 5.32. The highest BCUT2D eigenvalue weighted by atomic mass is 127. The molecule has 28 heavy (non-hydrogen) atoms. The first-order valence-corrected chi connectivity index (χ1v) is 11.4. The van der Waals surface area contributed by atoms with E-state index in [9.17, 15) is 0 Å². The van der Waals surface area contributed by atoms with Gasteiger partial charge in [-0.15, -0.1) is 24.0 Å². The molecule has 2 fully saturated rings. The molecule has 1 aromatic rings. The SMILES string of the molecule is CN=C(NCC(c1ccc(OC)cc1)N1CCCC1)NC1CCC(SC)C1.I. The lowest BCUT2D eigenvalue weighted by Gasteiger charge is -2.29. The first-order chi connectivity index (χ1) is 13.2. The Hall–Kier alpha value is -0.670. The number of nitrogens with one attached hydrogen (secondary N) is 2. The molecule has 2 aliphatic rings. The summed E-state index contributed by atoms with van der Waals surface area (Å²) in [7, 11) is 3.59. The molecule has 1 aliphatic carbocycles. The van der Waals surface area contributed by atoms with Crippen LogP contribution in [0.4, 0.5) is 0 Å². The standard InChI is InChI=1S/C21H34N4OS.HI/c1-22-21(24-17-8-11-19(14-17)27-3)23-15-20(25-12-4-5-13-25)16-6-9-18(26-2)10-7-16;/h6-7,9-10,17,19-20H,4-5,8,11-15H2,1-3H3,(H2,22,23,24);1H. The molecule has 1 aliphatic heterocycles. The van der Waals surface area contributed by atoms with Gasteiger partial charge in [-0.2, -0.15) is 11.8 Å². The molecule has 0 spiro atoms. The van der Waals surface area contributed by atoms with Crippen molar-refractivity contribution in [3.8, 4) is 5.75 Å². The topological polar surface area (TPSA) is 48.9 Å². The van der Waals surface area contributed by atoms with E-state index in [-0.39, 0.29) is 24.0 Å². The van der Waals surface area contributed by atoms with Gasteiger partial charge in [-0.25, -0.2) is 0 Å². The van der Waals surface area contributed by atoms with Gasteiger partial charge in [-0.3, -0.25) is 9.89 Å². The van der Waals surface area contributed by atoms with Crippen LogP contribution in [-0.4, -0.2) is 62.2 Å². The summed E-state index contributed by atoms with van der Waals surface area (Å²) in [4.78, 5) is 7.06. The maximum absolute atomic E-state index is 5.32. The van der Waals surface area contributed by atoms with E-state index < -0.39 is 0 Å². The highest BCUT2D eigenvalue weighted by Gasteiger charge is 2.26. The molecule has 7 heteroatoms. The van der Waals surface area contributed by atoms with Gasteiger partial charge in [0.15, 0.2) is 5.96 Å². The Kier molecular flexibility index (Phi) is 10.2. The van der Waals surface area contributed by atoms with Crippen LogP contribution in [0.3, 0.4) is 0 Å². The summed E-state index contributed by atoms with van der Waals surface area (Å²) in [5.41, 5.74) is 1.34. The second-order valence-electron chi connectivity index (χ2n) is 7.50. The van der Waals surface area contributed by atoms with E-state index in [4.69, 9.17) is 4.74 Å². The van der Waals surface area contributed by atoms with E-state index in [1.54, 1.807) is 7.11 Å². The number of rotatable bonds is 7. The minimum atomic E-state index is 0.